The first-order chi connectivity index (χ1) is 9.07. The van der Waals surface area contributed by atoms with Crippen molar-refractivity contribution in [3.8, 4) is 0 Å². The number of aryl methyl sites for hydroxylation is 1. The zero-order valence-electron chi connectivity index (χ0n) is 12.2. The van der Waals surface area contributed by atoms with Gasteiger partial charge in [-0.05, 0) is 51.5 Å². The molecular formula is C16H25NO2. The van der Waals surface area contributed by atoms with Crippen molar-refractivity contribution in [2.45, 2.75) is 58.2 Å². The van der Waals surface area contributed by atoms with Gasteiger partial charge in [0.05, 0.1) is 5.60 Å². The minimum absolute atomic E-state index is 0.418. The first-order valence-electron chi connectivity index (χ1n) is 7.32. The normalized spacial score (nSPS) is 29.2. The van der Waals surface area contributed by atoms with Crippen LogP contribution in [0.25, 0.3) is 0 Å². The van der Waals surface area contributed by atoms with Crippen LogP contribution in [0.5, 0.6) is 0 Å². The second-order valence-electron chi connectivity index (χ2n) is 5.82. The number of hydrogen-bond donors (Lipinski definition) is 1. The minimum atomic E-state index is -0.576. The maximum absolute atomic E-state index is 10.7. The monoisotopic (exact) mass is 263 g/mol. The van der Waals surface area contributed by atoms with Gasteiger partial charge < -0.3 is 9.84 Å². The summed E-state index contributed by atoms with van der Waals surface area (Å²) >= 11 is 0. The molecule has 3 nitrogen and oxygen atoms in total. The second kappa shape index (κ2) is 6.02. The molecule has 1 fully saturated rings. The fraction of sp³-hybridized carbons (Fsp3) is 0.688. The third-order valence-corrected chi connectivity index (χ3v) is 4.30. The third-order valence-electron chi connectivity index (χ3n) is 4.30. The zero-order valence-corrected chi connectivity index (χ0v) is 12.2. The standard InChI is InChI=1S/C16H25NO2/c1-4-19-16(9-7-12(2)8-10-16)15(18)14-6-5-13(3)17-11-14/h5-6,11-12,15,18H,4,7-10H2,1-3H3. The van der Waals surface area contributed by atoms with E-state index < -0.39 is 11.7 Å². The highest BCUT2D eigenvalue weighted by atomic mass is 16.5. The number of ether oxygens (including phenoxy) is 1. The first-order valence-corrected chi connectivity index (χ1v) is 7.32. The number of nitrogens with zero attached hydrogens (tertiary/aromatic N) is 1. The van der Waals surface area contributed by atoms with Crippen molar-refractivity contribution in [2.24, 2.45) is 5.92 Å². The van der Waals surface area contributed by atoms with Gasteiger partial charge in [-0.2, -0.15) is 0 Å². The topological polar surface area (TPSA) is 42.4 Å². The Hall–Kier alpha value is -0.930. The van der Waals surface area contributed by atoms with E-state index in [0.717, 1.165) is 42.9 Å². The fourth-order valence-electron chi connectivity index (χ4n) is 2.98. The number of pyridine rings is 1. The van der Waals surface area contributed by atoms with E-state index in [9.17, 15) is 5.11 Å². The molecule has 0 radical (unpaired) electrons. The number of aliphatic hydroxyl groups is 1. The summed E-state index contributed by atoms with van der Waals surface area (Å²) in [6.45, 7) is 6.87. The third kappa shape index (κ3) is 3.15. The molecule has 1 heterocycles. The summed E-state index contributed by atoms with van der Waals surface area (Å²) in [6, 6.07) is 3.91. The van der Waals surface area contributed by atoms with Crippen LogP contribution in [0.1, 0.15) is 56.9 Å². The van der Waals surface area contributed by atoms with Gasteiger partial charge in [0.1, 0.15) is 6.10 Å². The van der Waals surface area contributed by atoms with Crippen LogP contribution in [0, 0.1) is 12.8 Å². The SMILES string of the molecule is CCOC1(C(O)c2ccc(C)nc2)CCC(C)CC1. The van der Waals surface area contributed by atoms with E-state index >= 15 is 0 Å². The summed E-state index contributed by atoms with van der Waals surface area (Å²) in [5, 5.41) is 10.7. The van der Waals surface area contributed by atoms with Crippen molar-refractivity contribution in [2.75, 3.05) is 6.61 Å². The fourth-order valence-corrected chi connectivity index (χ4v) is 2.98. The Morgan fingerprint density at radius 1 is 1.42 bits per heavy atom. The Morgan fingerprint density at radius 3 is 2.63 bits per heavy atom. The molecule has 106 valence electrons. The van der Waals surface area contributed by atoms with Crippen LogP contribution in [-0.2, 0) is 4.74 Å². The van der Waals surface area contributed by atoms with Gasteiger partial charge in [-0.15, -0.1) is 0 Å². The number of aliphatic hydroxyl groups excluding tert-OH is 1. The van der Waals surface area contributed by atoms with Gasteiger partial charge in [-0.3, -0.25) is 4.98 Å². The number of hydrogen-bond acceptors (Lipinski definition) is 3. The lowest BCUT2D eigenvalue weighted by molar-refractivity contribution is -0.146. The summed E-state index contributed by atoms with van der Waals surface area (Å²) in [4.78, 5) is 4.29. The second-order valence-corrected chi connectivity index (χ2v) is 5.82. The van der Waals surface area contributed by atoms with Crippen molar-refractivity contribution >= 4 is 0 Å². The van der Waals surface area contributed by atoms with Crippen molar-refractivity contribution in [3.63, 3.8) is 0 Å². The summed E-state index contributed by atoms with van der Waals surface area (Å²) in [6.07, 6.45) is 5.30. The van der Waals surface area contributed by atoms with Gasteiger partial charge in [-0.25, -0.2) is 0 Å². The van der Waals surface area contributed by atoms with Crippen LogP contribution < -0.4 is 0 Å². The Balaban J connectivity index is 2.20. The molecule has 1 aromatic rings. The molecule has 3 heteroatoms. The van der Waals surface area contributed by atoms with Crippen LogP contribution in [0.3, 0.4) is 0 Å². The van der Waals surface area contributed by atoms with Crippen molar-refractivity contribution in [1.82, 2.24) is 4.98 Å². The lowest BCUT2D eigenvalue weighted by Gasteiger charge is -2.42. The molecule has 1 atom stereocenters. The quantitative estimate of drug-likeness (QED) is 0.905. The molecule has 19 heavy (non-hydrogen) atoms. The van der Waals surface area contributed by atoms with E-state index in [0.29, 0.717) is 6.61 Å². The maximum atomic E-state index is 10.7. The van der Waals surface area contributed by atoms with Gasteiger partial charge in [0.2, 0.25) is 0 Å². The lowest BCUT2D eigenvalue weighted by Crippen LogP contribution is -2.42. The number of aromatic nitrogens is 1. The lowest BCUT2D eigenvalue weighted by atomic mass is 9.75. The van der Waals surface area contributed by atoms with E-state index in [1.165, 1.54) is 0 Å². The Labute approximate surface area is 116 Å². The molecule has 1 unspecified atom stereocenters. The first kappa shape index (κ1) is 14.5. The van der Waals surface area contributed by atoms with Gasteiger partial charge in [-0.1, -0.05) is 13.0 Å². The molecule has 1 saturated carbocycles. The zero-order chi connectivity index (χ0) is 13.9. The molecular weight excluding hydrogens is 238 g/mol. The van der Waals surface area contributed by atoms with Gasteiger partial charge in [0.25, 0.3) is 0 Å². The molecule has 0 amide bonds. The highest BCUT2D eigenvalue weighted by Gasteiger charge is 2.42. The van der Waals surface area contributed by atoms with Gasteiger partial charge >= 0.3 is 0 Å². The molecule has 0 spiro atoms. The molecule has 1 aliphatic rings. The van der Waals surface area contributed by atoms with E-state index in [1.54, 1.807) is 6.20 Å². The Morgan fingerprint density at radius 2 is 2.11 bits per heavy atom. The molecule has 0 aliphatic heterocycles. The Bertz CT molecular complexity index is 394. The van der Waals surface area contributed by atoms with Gasteiger partial charge in [0, 0.05) is 24.1 Å². The van der Waals surface area contributed by atoms with Crippen molar-refractivity contribution in [3.05, 3.63) is 29.6 Å². The molecule has 0 bridgehead atoms. The predicted octanol–water partition coefficient (Wildman–Crippen LogP) is 3.41. The minimum Gasteiger partial charge on any atom is -0.385 e. The number of rotatable bonds is 4. The average molecular weight is 263 g/mol. The maximum Gasteiger partial charge on any atom is 0.109 e. The largest absolute Gasteiger partial charge is 0.385 e. The predicted molar refractivity (Wildman–Crippen MR) is 75.9 cm³/mol. The van der Waals surface area contributed by atoms with Crippen LogP contribution in [-0.4, -0.2) is 22.3 Å². The molecule has 1 N–H and O–H groups in total. The highest BCUT2D eigenvalue weighted by Crippen LogP contribution is 2.43. The molecule has 1 aromatic heterocycles. The van der Waals surface area contributed by atoms with E-state index in [-0.39, 0.29) is 0 Å². The highest BCUT2D eigenvalue weighted by molar-refractivity contribution is 5.19. The summed E-state index contributed by atoms with van der Waals surface area (Å²) in [5.74, 6) is 0.733. The molecule has 2 rings (SSSR count). The summed E-state index contributed by atoms with van der Waals surface area (Å²) in [5.41, 5.74) is 1.42. The van der Waals surface area contributed by atoms with Crippen LogP contribution >= 0.6 is 0 Å². The van der Waals surface area contributed by atoms with Crippen molar-refractivity contribution < 1.29 is 9.84 Å². The summed E-state index contributed by atoms with van der Waals surface area (Å²) in [7, 11) is 0. The Kier molecular flexibility index (Phi) is 4.58. The summed E-state index contributed by atoms with van der Waals surface area (Å²) < 4.78 is 5.99. The van der Waals surface area contributed by atoms with Crippen LogP contribution in [0.4, 0.5) is 0 Å². The van der Waals surface area contributed by atoms with E-state index in [1.807, 2.05) is 26.0 Å². The average Bonchev–Trinajstić information content (AvgIpc) is 2.42. The van der Waals surface area contributed by atoms with Crippen LogP contribution in [0.15, 0.2) is 18.3 Å². The smallest absolute Gasteiger partial charge is 0.109 e. The molecule has 1 aliphatic carbocycles. The molecule has 0 saturated heterocycles. The van der Waals surface area contributed by atoms with Crippen molar-refractivity contribution in [1.29, 1.82) is 0 Å². The van der Waals surface area contributed by atoms with Crippen LogP contribution in [0.2, 0.25) is 0 Å². The van der Waals surface area contributed by atoms with Gasteiger partial charge in [0.15, 0.2) is 0 Å². The molecule has 0 aromatic carbocycles. The van der Waals surface area contributed by atoms with E-state index in [4.69, 9.17) is 4.74 Å². The van der Waals surface area contributed by atoms with E-state index in [2.05, 4.69) is 11.9 Å².